The summed E-state index contributed by atoms with van der Waals surface area (Å²) in [5, 5.41) is 3.44. The van der Waals surface area contributed by atoms with Crippen LogP contribution in [0.15, 0.2) is 24.3 Å². The molecule has 0 aliphatic carbocycles. The van der Waals surface area contributed by atoms with Gasteiger partial charge in [0, 0.05) is 44.8 Å². The molecule has 118 valence electrons. The van der Waals surface area contributed by atoms with Gasteiger partial charge in [0.15, 0.2) is 0 Å². The van der Waals surface area contributed by atoms with Gasteiger partial charge in [-0.1, -0.05) is 12.1 Å². The third kappa shape index (κ3) is 3.95. The lowest BCUT2D eigenvalue weighted by Gasteiger charge is -2.40. The zero-order valence-corrected chi connectivity index (χ0v) is 13.4. The fourth-order valence-electron chi connectivity index (χ4n) is 3.42. The predicted octanol–water partition coefficient (Wildman–Crippen LogP) is 2.29. The molecule has 21 heavy (non-hydrogen) atoms. The molecule has 5 heteroatoms. The minimum atomic E-state index is -0.134. The summed E-state index contributed by atoms with van der Waals surface area (Å²) < 4.78 is 13.3. The predicted molar refractivity (Wildman–Crippen MR) is 86.5 cm³/mol. The number of rotatable bonds is 3. The second-order valence-electron chi connectivity index (χ2n) is 5.95. The first-order valence-electron chi connectivity index (χ1n) is 7.68. The Morgan fingerprint density at radius 3 is 2.62 bits per heavy atom. The van der Waals surface area contributed by atoms with Gasteiger partial charge in [0.25, 0.3) is 0 Å². The number of hydrogen-bond acceptors (Lipinski definition) is 3. The van der Waals surface area contributed by atoms with E-state index in [9.17, 15) is 4.39 Å². The number of nitrogens with one attached hydrogen (secondary N) is 1. The lowest BCUT2D eigenvalue weighted by molar-refractivity contribution is 0.0786. The molecular weight excluding hydrogens is 289 g/mol. The summed E-state index contributed by atoms with van der Waals surface area (Å²) in [6.07, 6.45) is 1.28. The van der Waals surface area contributed by atoms with Gasteiger partial charge in [0.1, 0.15) is 5.82 Å². The maximum absolute atomic E-state index is 13.3. The largest absolute Gasteiger partial charge is 0.315 e. The molecule has 2 aliphatic heterocycles. The van der Waals surface area contributed by atoms with E-state index in [4.69, 9.17) is 0 Å². The maximum atomic E-state index is 13.3. The van der Waals surface area contributed by atoms with E-state index in [1.54, 1.807) is 6.07 Å². The normalized spacial score (nSPS) is 25.5. The number of nitrogens with zero attached hydrogens (tertiary/aromatic N) is 2. The van der Waals surface area contributed by atoms with Gasteiger partial charge in [-0.2, -0.15) is 0 Å². The molecular formula is C16H25ClFN3. The molecule has 2 atom stereocenters. The van der Waals surface area contributed by atoms with Gasteiger partial charge < -0.3 is 5.32 Å². The summed E-state index contributed by atoms with van der Waals surface area (Å²) in [7, 11) is 0. The molecule has 0 saturated carbocycles. The van der Waals surface area contributed by atoms with Crippen LogP contribution in [0.3, 0.4) is 0 Å². The second-order valence-corrected chi connectivity index (χ2v) is 5.95. The Hall–Kier alpha value is -0.680. The van der Waals surface area contributed by atoms with Crippen LogP contribution >= 0.6 is 12.4 Å². The maximum Gasteiger partial charge on any atom is 0.123 e. The van der Waals surface area contributed by atoms with Crippen molar-refractivity contribution in [2.45, 2.75) is 25.4 Å². The van der Waals surface area contributed by atoms with E-state index in [1.165, 1.54) is 12.5 Å². The summed E-state index contributed by atoms with van der Waals surface area (Å²) >= 11 is 0. The van der Waals surface area contributed by atoms with Crippen LogP contribution in [0.2, 0.25) is 0 Å². The standard InChI is InChI=1S/C16H24FN3.ClH/c1-13(14-3-2-4-15(17)11-14)19-7-9-20(10-8-19)16-5-6-18-12-16;/h2-4,11,13,16,18H,5-10,12H2,1H3;1H. The van der Waals surface area contributed by atoms with E-state index in [1.807, 2.05) is 12.1 Å². The molecule has 1 N–H and O–H groups in total. The first kappa shape index (κ1) is 16.7. The quantitative estimate of drug-likeness (QED) is 0.923. The van der Waals surface area contributed by atoms with Crippen LogP contribution in [0.25, 0.3) is 0 Å². The van der Waals surface area contributed by atoms with Crippen molar-refractivity contribution < 1.29 is 4.39 Å². The first-order valence-corrected chi connectivity index (χ1v) is 7.68. The highest BCUT2D eigenvalue weighted by molar-refractivity contribution is 5.85. The Morgan fingerprint density at radius 2 is 2.00 bits per heavy atom. The van der Waals surface area contributed by atoms with E-state index in [0.29, 0.717) is 6.04 Å². The molecule has 2 fully saturated rings. The fraction of sp³-hybridized carbons (Fsp3) is 0.625. The van der Waals surface area contributed by atoms with Gasteiger partial charge in [0.05, 0.1) is 0 Å². The fourth-order valence-corrected chi connectivity index (χ4v) is 3.42. The van der Waals surface area contributed by atoms with Crippen molar-refractivity contribution in [1.29, 1.82) is 0 Å². The molecule has 1 aromatic carbocycles. The molecule has 3 rings (SSSR count). The van der Waals surface area contributed by atoms with Crippen LogP contribution in [0, 0.1) is 5.82 Å². The zero-order valence-electron chi connectivity index (χ0n) is 12.6. The van der Waals surface area contributed by atoms with Crippen molar-refractivity contribution in [3.8, 4) is 0 Å². The number of piperazine rings is 1. The summed E-state index contributed by atoms with van der Waals surface area (Å²) in [6, 6.07) is 8.04. The molecule has 0 radical (unpaired) electrons. The van der Waals surface area contributed by atoms with Crippen molar-refractivity contribution in [1.82, 2.24) is 15.1 Å². The summed E-state index contributed by atoms with van der Waals surface area (Å²) in [5.74, 6) is -0.134. The second kappa shape index (κ2) is 7.54. The lowest BCUT2D eigenvalue weighted by atomic mass is 10.1. The Labute approximate surface area is 132 Å². The van der Waals surface area contributed by atoms with Crippen LogP contribution in [-0.4, -0.2) is 55.1 Å². The topological polar surface area (TPSA) is 18.5 Å². The Balaban J connectivity index is 0.00000161. The van der Waals surface area contributed by atoms with E-state index in [0.717, 1.165) is 50.9 Å². The molecule has 0 bridgehead atoms. The number of halogens is 2. The van der Waals surface area contributed by atoms with Gasteiger partial charge in [-0.3, -0.25) is 9.80 Å². The SMILES string of the molecule is CC(c1cccc(F)c1)N1CCN(C2CCNC2)CC1.Cl. The average molecular weight is 314 g/mol. The van der Waals surface area contributed by atoms with E-state index >= 15 is 0 Å². The van der Waals surface area contributed by atoms with Crippen molar-refractivity contribution in [2.75, 3.05) is 39.3 Å². The van der Waals surface area contributed by atoms with Gasteiger partial charge >= 0.3 is 0 Å². The number of benzene rings is 1. The average Bonchev–Trinajstić information content (AvgIpc) is 3.01. The lowest BCUT2D eigenvalue weighted by Crippen LogP contribution is -2.51. The molecule has 2 saturated heterocycles. The van der Waals surface area contributed by atoms with E-state index in [-0.39, 0.29) is 18.2 Å². The van der Waals surface area contributed by atoms with Gasteiger partial charge in [-0.05, 0) is 37.6 Å². The monoisotopic (exact) mass is 313 g/mol. The highest BCUT2D eigenvalue weighted by Gasteiger charge is 2.27. The van der Waals surface area contributed by atoms with Crippen molar-refractivity contribution in [3.05, 3.63) is 35.6 Å². The van der Waals surface area contributed by atoms with Gasteiger partial charge in [-0.15, -0.1) is 12.4 Å². The minimum Gasteiger partial charge on any atom is -0.315 e. The van der Waals surface area contributed by atoms with Crippen LogP contribution in [0.5, 0.6) is 0 Å². The molecule has 1 aromatic rings. The molecule has 3 nitrogen and oxygen atoms in total. The summed E-state index contributed by atoms with van der Waals surface area (Å²) in [5.41, 5.74) is 1.08. The Bertz CT molecular complexity index is 443. The Morgan fingerprint density at radius 1 is 1.24 bits per heavy atom. The molecule has 2 unspecified atom stereocenters. The minimum absolute atomic E-state index is 0. The number of hydrogen-bond donors (Lipinski definition) is 1. The Kier molecular flexibility index (Phi) is 5.99. The van der Waals surface area contributed by atoms with Gasteiger partial charge in [-0.25, -0.2) is 4.39 Å². The van der Waals surface area contributed by atoms with Crippen LogP contribution < -0.4 is 5.32 Å². The van der Waals surface area contributed by atoms with Crippen LogP contribution in [-0.2, 0) is 0 Å². The third-order valence-electron chi connectivity index (χ3n) is 4.78. The first-order chi connectivity index (χ1) is 9.74. The summed E-state index contributed by atoms with van der Waals surface area (Å²) in [4.78, 5) is 5.07. The highest BCUT2D eigenvalue weighted by atomic mass is 35.5. The molecule has 0 spiro atoms. The highest BCUT2D eigenvalue weighted by Crippen LogP contribution is 2.23. The van der Waals surface area contributed by atoms with E-state index < -0.39 is 0 Å². The van der Waals surface area contributed by atoms with Crippen LogP contribution in [0.1, 0.15) is 24.9 Å². The smallest absolute Gasteiger partial charge is 0.123 e. The van der Waals surface area contributed by atoms with Crippen molar-refractivity contribution >= 4 is 12.4 Å². The van der Waals surface area contributed by atoms with Gasteiger partial charge in [0.2, 0.25) is 0 Å². The van der Waals surface area contributed by atoms with Crippen molar-refractivity contribution in [2.24, 2.45) is 0 Å². The molecule has 2 heterocycles. The molecule has 0 amide bonds. The zero-order chi connectivity index (χ0) is 13.9. The third-order valence-corrected chi connectivity index (χ3v) is 4.78. The summed E-state index contributed by atoms with van der Waals surface area (Å²) in [6.45, 7) is 8.89. The van der Waals surface area contributed by atoms with Crippen LogP contribution in [0.4, 0.5) is 4.39 Å². The van der Waals surface area contributed by atoms with Crippen molar-refractivity contribution in [3.63, 3.8) is 0 Å². The van der Waals surface area contributed by atoms with E-state index in [2.05, 4.69) is 22.0 Å². The molecule has 2 aliphatic rings. The molecule has 0 aromatic heterocycles.